The van der Waals surface area contributed by atoms with Gasteiger partial charge in [-0.3, -0.25) is 4.79 Å². The van der Waals surface area contributed by atoms with Gasteiger partial charge in [0.05, 0.1) is 16.8 Å². The molecule has 3 aromatic rings. The van der Waals surface area contributed by atoms with Crippen LogP contribution in [0, 0.1) is 0 Å². The van der Waals surface area contributed by atoms with Gasteiger partial charge >= 0.3 is 0 Å². The molecule has 0 bridgehead atoms. The largest absolute Gasteiger partial charge is 0.456 e. The molecule has 0 unspecified atom stereocenters. The van der Waals surface area contributed by atoms with E-state index in [0.717, 1.165) is 29.1 Å². The number of halogens is 1. The number of carbonyl (C=O) groups is 1. The summed E-state index contributed by atoms with van der Waals surface area (Å²) in [6.45, 7) is 8.90. The van der Waals surface area contributed by atoms with Crippen molar-refractivity contribution in [2.45, 2.75) is 39.7 Å². The number of nitrogens with one attached hydrogen (secondary N) is 3. The normalized spacial score (nSPS) is 13.1. The highest BCUT2D eigenvalue weighted by Gasteiger charge is 2.17. The second-order valence-corrected chi connectivity index (χ2v) is 10.0. The summed E-state index contributed by atoms with van der Waals surface area (Å²) in [5, 5.41) is 14.0. The molecule has 1 aromatic heterocycles. The van der Waals surface area contributed by atoms with Crippen molar-refractivity contribution in [2.75, 3.05) is 23.8 Å². The lowest BCUT2D eigenvalue weighted by Crippen LogP contribution is -2.40. The summed E-state index contributed by atoms with van der Waals surface area (Å²) in [5.41, 5.74) is 2.69. The minimum Gasteiger partial charge on any atom is -0.456 e. The second kappa shape index (κ2) is 12.0. The van der Waals surface area contributed by atoms with E-state index < -0.39 is 0 Å². The standard InChI is InChI=1S/C28H31ClN6O3/c1-5-37-33-16-18-11-12-30-25-22(13-18)26(32-17-31-25)34-20-9-10-24(23(29)15-20)38-21-8-6-7-19(14-21)27(36)35-28(2,3)4/h6-10,13-17H,5,11-12H2,1-4H3,(H,35,36)(H2,30,31,32,34)/b33-16+. The van der Waals surface area contributed by atoms with Crippen LogP contribution in [-0.2, 0) is 4.84 Å². The number of oxime groups is 1. The van der Waals surface area contributed by atoms with E-state index in [9.17, 15) is 4.79 Å². The van der Waals surface area contributed by atoms with Crippen LogP contribution in [0.1, 0.15) is 50.0 Å². The number of ether oxygens (including phenoxy) is 1. The fraction of sp³-hybridized carbons (Fsp3) is 0.286. The van der Waals surface area contributed by atoms with Gasteiger partial charge in [0.15, 0.2) is 0 Å². The lowest BCUT2D eigenvalue weighted by Gasteiger charge is -2.20. The predicted molar refractivity (Wildman–Crippen MR) is 152 cm³/mol. The molecule has 38 heavy (non-hydrogen) atoms. The van der Waals surface area contributed by atoms with E-state index in [0.29, 0.717) is 41.1 Å². The van der Waals surface area contributed by atoms with E-state index in [1.807, 2.05) is 39.8 Å². The van der Waals surface area contributed by atoms with E-state index in [1.54, 1.807) is 42.6 Å². The average Bonchev–Trinajstić information content (AvgIpc) is 3.08. The molecule has 0 saturated heterocycles. The predicted octanol–water partition coefficient (Wildman–Crippen LogP) is 6.42. The summed E-state index contributed by atoms with van der Waals surface area (Å²) in [5.74, 6) is 2.14. The number of nitrogens with zero attached hydrogens (tertiary/aromatic N) is 3. The highest BCUT2D eigenvalue weighted by Crippen LogP contribution is 2.34. The summed E-state index contributed by atoms with van der Waals surface area (Å²) < 4.78 is 5.99. The summed E-state index contributed by atoms with van der Waals surface area (Å²) in [4.78, 5) is 26.4. The molecule has 1 aliphatic rings. The number of hydrogen-bond donors (Lipinski definition) is 3. The van der Waals surface area contributed by atoms with Gasteiger partial charge in [-0.15, -0.1) is 0 Å². The first-order valence-corrected chi connectivity index (χ1v) is 12.7. The molecule has 0 radical (unpaired) electrons. The van der Waals surface area contributed by atoms with E-state index in [-0.39, 0.29) is 11.4 Å². The quantitative estimate of drug-likeness (QED) is 0.226. The molecular formula is C28H31ClN6O3. The summed E-state index contributed by atoms with van der Waals surface area (Å²) in [6, 6.07) is 12.3. The number of aromatic nitrogens is 2. The molecular weight excluding hydrogens is 504 g/mol. The number of anilines is 3. The summed E-state index contributed by atoms with van der Waals surface area (Å²) >= 11 is 6.57. The Balaban J connectivity index is 1.52. The first-order chi connectivity index (χ1) is 18.2. The van der Waals surface area contributed by atoms with Crippen LogP contribution in [-0.4, -0.2) is 40.8 Å². The molecule has 0 saturated carbocycles. The third-order valence-electron chi connectivity index (χ3n) is 5.35. The van der Waals surface area contributed by atoms with Crippen LogP contribution in [0.3, 0.4) is 0 Å². The Hall–Kier alpha value is -4.11. The molecule has 198 valence electrons. The minimum absolute atomic E-state index is 0.173. The lowest BCUT2D eigenvalue weighted by atomic mass is 10.1. The minimum atomic E-state index is -0.341. The number of fused-ring (bicyclic) bond motifs is 1. The molecule has 0 fully saturated rings. The van der Waals surface area contributed by atoms with Crippen LogP contribution in [0.5, 0.6) is 11.5 Å². The fourth-order valence-electron chi connectivity index (χ4n) is 3.68. The Bertz CT molecular complexity index is 1370. The van der Waals surface area contributed by atoms with Gasteiger partial charge in [0.2, 0.25) is 0 Å². The summed E-state index contributed by atoms with van der Waals surface area (Å²) in [7, 11) is 0. The van der Waals surface area contributed by atoms with Gasteiger partial charge in [-0.05, 0) is 82.2 Å². The van der Waals surface area contributed by atoms with E-state index in [2.05, 4.69) is 31.1 Å². The monoisotopic (exact) mass is 534 g/mol. The Kier molecular flexibility index (Phi) is 8.48. The van der Waals surface area contributed by atoms with Crippen molar-refractivity contribution in [3.8, 4) is 11.5 Å². The Labute approximate surface area is 227 Å². The van der Waals surface area contributed by atoms with Gasteiger partial charge in [0, 0.05) is 23.3 Å². The highest BCUT2D eigenvalue weighted by molar-refractivity contribution is 6.32. The number of carbonyl (C=O) groups excluding carboxylic acids is 1. The number of rotatable bonds is 8. The maximum absolute atomic E-state index is 12.5. The van der Waals surface area contributed by atoms with Crippen LogP contribution in [0.25, 0.3) is 6.08 Å². The molecule has 9 nitrogen and oxygen atoms in total. The van der Waals surface area contributed by atoms with E-state index >= 15 is 0 Å². The smallest absolute Gasteiger partial charge is 0.251 e. The van der Waals surface area contributed by atoms with Gasteiger partial charge < -0.3 is 25.5 Å². The molecule has 0 spiro atoms. The van der Waals surface area contributed by atoms with Crippen molar-refractivity contribution >= 4 is 47.1 Å². The van der Waals surface area contributed by atoms with Gasteiger partial charge in [-0.25, -0.2) is 9.97 Å². The lowest BCUT2D eigenvalue weighted by molar-refractivity contribution is 0.0919. The zero-order valence-corrected chi connectivity index (χ0v) is 22.6. The Morgan fingerprint density at radius 2 is 2.05 bits per heavy atom. The summed E-state index contributed by atoms with van der Waals surface area (Å²) in [6.07, 6.45) is 5.97. The fourth-order valence-corrected chi connectivity index (χ4v) is 3.89. The molecule has 10 heteroatoms. The molecule has 1 amide bonds. The highest BCUT2D eigenvalue weighted by atomic mass is 35.5. The average molecular weight is 535 g/mol. The second-order valence-electron chi connectivity index (χ2n) is 9.64. The maximum Gasteiger partial charge on any atom is 0.251 e. The first kappa shape index (κ1) is 26.9. The van der Waals surface area contributed by atoms with Gasteiger partial charge in [-0.2, -0.15) is 0 Å². The molecule has 3 N–H and O–H groups in total. The van der Waals surface area contributed by atoms with Crippen LogP contribution < -0.4 is 20.7 Å². The van der Waals surface area contributed by atoms with Gasteiger partial charge in [0.1, 0.15) is 36.1 Å². The molecule has 2 aromatic carbocycles. The van der Waals surface area contributed by atoms with Crippen molar-refractivity contribution < 1.29 is 14.4 Å². The van der Waals surface area contributed by atoms with Crippen LogP contribution in [0.2, 0.25) is 5.02 Å². The van der Waals surface area contributed by atoms with E-state index in [1.165, 1.54) is 6.33 Å². The Morgan fingerprint density at radius 3 is 2.82 bits per heavy atom. The molecule has 0 aliphatic carbocycles. The van der Waals surface area contributed by atoms with Crippen molar-refractivity contribution in [2.24, 2.45) is 5.16 Å². The zero-order valence-electron chi connectivity index (χ0n) is 21.8. The van der Waals surface area contributed by atoms with Crippen molar-refractivity contribution in [3.05, 3.63) is 70.5 Å². The van der Waals surface area contributed by atoms with Crippen molar-refractivity contribution in [1.82, 2.24) is 15.3 Å². The topological polar surface area (TPSA) is 110 Å². The van der Waals surface area contributed by atoms with E-state index in [4.69, 9.17) is 21.2 Å². The van der Waals surface area contributed by atoms with Crippen molar-refractivity contribution in [1.29, 1.82) is 0 Å². The number of benzene rings is 2. The molecule has 1 aliphatic heterocycles. The van der Waals surface area contributed by atoms with Gasteiger partial charge in [0.25, 0.3) is 5.91 Å². The maximum atomic E-state index is 12.5. The molecule has 4 rings (SSSR count). The first-order valence-electron chi connectivity index (χ1n) is 12.3. The molecule has 0 atom stereocenters. The van der Waals surface area contributed by atoms with Crippen LogP contribution in [0.4, 0.5) is 17.3 Å². The Morgan fingerprint density at radius 1 is 1.21 bits per heavy atom. The van der Waals surface area contributed by atoms with Crippen molar-refractivity contribution in [3.63, 3.8) is 0 Å². The van der Waals surface area contributed by atoms with Crippen LogP contribution in [0.15, 0.2) is 59.5 Å². The van der Waals surface area contributed by atoms with Gasteiger partial charge in [-0.1, -0.05) is 22.8 Å². The third-order valence-corrected chi connectivity index (χ3v) is 5.64. The third kappa shape index (κ3) is 7.23. The SMILES string of the molecule is CCO/N=C/C1=Cc2c(ncnc2Nc2ccc(Oc3cccc(C(=O)NC(C)(C)C)c3)c(Cl)c2)NCC1. The number of hydrogen-bond acceptors (Lipinski definition) is 8. The van der Waals surface area contributed by atoms with Crippen LogP contribution >= 0.6 is 11.6 Å². The zero-order chi connectivity index (χ0) is 27.1. The molecule has 2 heterocycles. The number of amides is 1.